The highest BCUT2D eigenvalue weighted by atomic mass is 32.2. The number of anilines is 1. The normalized spacial score (nSPS) is 13.6. The van der Waals surface area contributed by atoms with Crippen molar-refractivity contribution in [2.75, 3.05) is 18.4 Å². The van der Waals surface area contributed by atoms with Crippen LogP contribution in [0.25, 0.3) is 16.6 Å². The Morgan fingerprint density at radius 3 is 3.00 bits per heavy atom. The summed E-state index contributed by atoms with van der Waals surface area (Å²) in [4.78, 5) is 0.970. The van der Waals surface area contributed by atoms with Gasteiger partial charge in [0.15, 0.2) is 0 Å². The van der Waals surface area contributed by atoms with Crippen molar-refractivity contribution in [3.63, 3.8) is 0 Å². The number of rotatable bonds is 5. The van der Waals surface area contributed by atoms with E-state index in [1.807, 2.05) is 58.0 Å². The second-order valence-electron chi connectivity index (χ2n) is 6.43. The Morgan fingerprint density at radius 1 is 1.18 bits per heavy atom. The molecule has 0 bridgehead atoms. The van der Waals surface area contributed by atoms with Crippen molar-refractivity contribution in [2.45, 2.75) is 18.0 Å². The molecule has 9 nitrogen and oxygen atoms in total. The first-order valence-electron chi connectivity index (χ1n) is 8.83. The molecule has 144 valence electrons. The molecule has 4 heterocycles. The van der Waals surface area contributed by atoms with Gasteiger partial charge >= 0.3 is 0 Å². The van der Waals surface area contributed by atoms with Crippen LogP contribution in [0.15, 0.2) is 41.8 Å². The molecule has 4 aromatic rings. The number of ether oxygens (including phenoxy) is 2. The molecule has 0 aliphatic carbocycles. The summed E-state index contributed by atoms with van der Waals surface area (Å²) in [5.74, 6) is 0.763. The highest BCUT2D eigenvalue weighted by Crippen LogP contribution is 2.36. The van der Waals surface area contributed by atoms with Gasteiger partial charge in [-0.05, 0) is 24.1 Å². The number of hydrogen-bond acceptors (Lipinski definition) is 7. The van der Waals surface area contributed by atoms with Gasteiger partial charge in [0.2, 0.25) is 0 Å². The van der Waals surface area contributed by atoms with E-state index in [-0.39, 0.29) is 0 Å². The molecule has 1 aliphatic rings. The maximum absolute atomic E-state index is 5.56. The summed E-state index contributed by atoms with van der Waals surface area (Å²) < 4.78 is 20.1. The molecule has 5 rings (SSSR count). The molecule has 1 N–H and O–H groups in total. The standard InChI is InChI=1S/C18H19N7O2S/c1-23-18-12(7-19-23)3-4-16(26-2)17(18)22-28-13-8-20-25(10-13)14-9-21-24-5-6-27-11-15(14)24/h3-4,7-10,22H,5-6,11H2,1-2H3. The van der Waals surface area contributed by atoms with Gasteiger partial charge in [-0.25, -0.2) is 4.68 Å². The fraction of sp³-hybridized carbons (Fsp3) is 0.278. The van der Waals surface area contributed by atoms with Crippen LogP contribution in [0, 0.1) is 0 Å². The van der Waals surface area contributed by atoms with E-state index >= 15 is 0 Å². The van der Waals surface area contributed by atoms with Gasteiger partial charge in [0.1, 0.15) is 17.1 Å². The van der Waals surface area contributed by atoms with Crippen molar-refractivity contribution in [2.24, 2.45) is 7.05 Å². The van der Waals surface area contributed by atoms with Crippen LogP contribution in [-0.2, 0) is 24.9 Å². The smallest absolute Gasteiger partial charge is 0.145 e. The molecule has 1 aromatic carbocycles. The van der Waals surface area contributed by atoms with Crippen LogP contribution in [-0.4, -0.2) is 43.1 Å². The Labute approximate surface area is 165 Å². The highest BCUT2D eigenvalue weighted by Gasteiger charge is 2.18. The summed E-state index contributed by atoms with van der Waals surface area (Å²) in [5, 5.41) is 14.3. The minimum Gasteiger partial charge on any atom is -0.494 e. The number of fused-ring (bicyclic) bond motifs is 2. The predicted octanol–water partition coefficient (Wildman–Crippen LogP) is 2.61. The number of methoxy groups -OCH3 is 1. The molecular weight excluding hydrogens is 378 g/mol. The molecule has 0 saturated carbocycles. The summed E-state index contributed by atoms with van der Waals surface area (Å²) in [6.07, 6.45) is 7.47. The molecule has 0 fully saturated rings. The minimum absolute atomic E-state index is 0.551. The van der Waals surface area contributed by atoms with Crippen LogP contribution in [0.2, 0.25) is 0 Å². The van der Waals surface area contributed by atoms with E-state index in [1.54, 1.807) is 7.11 Å². The first-order valence-corrected chi connectivity index (χ1v) is 9.65. The summed E-state index contributed by atoms with van der Waals surface area (Å²) in [6.45, 7) is 2.02. The minimum atomic E-state index is 0.551. The van der Waals surface area contributed by atoms with Crippen molar-refractivity contribution in [1.82, 2.24) is 29.3 Å². The molecule has 0 atom stereocenters. The van der Waals surface area contributed by atoms with Crippen LogP contribution in [0.5, 0.6) is 5.75 Å². The number of benzene rings is 1. The van der Waals surface area contributed by atoms with Gasteiger partial charge in [0.25, 0.3) is 0 Å². The zero-order valence-electron chi connectivity index (χ0n) is 15.5. The summed E-state index contributed by atoms with van der Waals surface area (Å²) in [5.41, 5.74) is 3.86. The molecule has 3 aromatic heterocycles. The molecule has 0 unspecified atom stereocenters. The largest absolute Gasteiger partial charge is 0.494 e. The third kappa shape index (κ3) is 2.81. The number of aromatic nitrogens is 6. The van der Waals surface area contributed by atoms with Crippen molar-refractivity contribution < 1.29 is 9.47 Å². The first-order chi connectivity index (χ1) is 13.7. The van der Waals surface area contributed by atoms with Crippen LogP contribution in [0.1, 0.15) is 5.69 Å². The topological polar surface area (TPSA) is 84.0 Å². The fourth-order valence-electron chi connectivity index (χ4n) is 3.37. The summed E-state index contributed by atoms with van der Waals surface area (Å²) in [7, 11) is 3.58. The predicted molar refractivity (Wildman–Crippen MR) is 106 cm³/mol. The lowest BCUT2D eigenvalue weighted by Gasteiger charge is -2.15. The molecule has 0 spiro atoms. The lowest BCUT2D eigenvalue weighted by atomic mass is 10.2. The van der Waals surface area contributed by atoms with E-state index in [0.29, 0.717) is 13.2 Å². The lowest BCUT2D eigenvalue weighted by molar-refractivity contribution is 0.0799. The van der Waals surface area contributed by atoms with Crippen molar-refractivity contribution >= 4 is 28.5 Å². The molecule has 0 saturated heterocycles. The zero-order chi connectivity index (χ0) is 19.1. The Balaban J connectivity index is 1.41. The molecule has 28 heavy (non-hydrogen) atoms. The first kappa shape index (κ1) is 17.1. The second kappa shape index (κ2) is 6.88. The number of aryl methyl sites for hydroxylation is 1. The monoisotopic (exact) mass is 397 g/mol. The van der Waals surface area contributed by atoms with Crippen LogP contribution < -0.4 is 9.46 Å². The van der Waals surface area contributed by atoms with E-state index in [1.165, 1.54) is 11.9 Å². The van der Waals surface area contributed by atoms with E-state index in [2.05, 4.69) is 20.0 Å². The molecular formula is C18H19N7O2S. The molecule has 1 aliphatic heterocycles. The van der Waals surface area contributed by atoms with Gasteiger partial charge in [0.05, 0.1) is 61.6 Å². The van der Waals surface area contributed by atoms with Crippen molar-refractivity contribution in [3.8, 4) is 11.4 Å². The zero-order valence-corrected chi connectivity index (χ0v) is 16.3. The maximum atomic E-state index is 5.56. The average molecular weight is 397 g/mol. The number of nitrogens with one attached hydrogen (secondary N) is 1. The fourth-order valence-corrected chi connectivity index (χ4v) is 4.04. The van der Waals surface area contributed by atoms with Gasteiger partial charge in [0, 0.05) is 18.6 Å². The van der Waals surface area contributed by atoms with Gasteiger partial charge in [-0.1, -0.05) is 0 Å². The molecule has 10 heteroatoms. The van der Waals surface area contributed by atoms with Crippen LogP contribution in [0.4, 0.5) is 5.69 Å². The van der Waals surface area contributed by atoms with E-state index in [0.717, 1.165) is 45.2 Å². The average Bonchev–Trinajstić information content (AvgIpc) is 3.44. The molecule has 0 radical (unpaired) electrons. The Bertz CT molecular complexity index is 1150. The van der Waals surface area contributed by atoms with Crippen LogP contribution >= 0.6 is 11.9 Å². The third-order valence-electron chi connectivity index (χ3n) is 4.77. The highest BCUT2D eigenvalue weighted by molar-refractivity contribution is 8.00. The van der Waals surface area contributed by atoms with Crippen LogP contribution in [0.3, 0.4) is 0 Å². The van der Waals surface area contributed by atoms with Gasteiger partial charge in [-0.3, -0.25) is 9.36 Å². The molecule has 0 amide bonds. The van der Waals surface area contributed by atoms with Crippen molar-refractivity contribution in [3.05, 3.63) is 42.6 Å². The van der Waals surface area contributed by atoms with Gasteiger partial charge < -0.3 is 14.2 Å². The summed E-state index contributed by atoms with van der Waals surface area (Å²) >= 11 is 1.47. The van der Waals surface area contributed by atoms with E-state index < -0.39 is 0 Å². The van der Waals surface area contributed by atoms with E-state index in [9.17, 15) is 0 Å². The maximum Gasteiger partial charge on any atom is 0.145 e. The second-order valence-corrected chi connectivity index (χ2v) is 7.31. The Morgan fingerprint density at radius 2 is 2.11 bits per heavy atom. The van der Waals surface area contributed by atoms with Gasteiger partial charge in [-0.15, -0.1) is 0 Å². The third-order valence-corrected chi connectivity index (χ3v) is 5.53. The quantitative estimate of drug-likeness (QED) is 0.518. The lowest BCUT2D eigenvalue weighted by Crippen LogP contribution is -2.18. The number of nitrogens with zero attached hydrogens (tertiary/aromatic N) is 6. The van der Waals surface area contributed by atoms with Crippen molar-refractivity contribution in [1.29, 1.82) is 0 Å². The van der Waals surface area contributed by atoms with E-state index in [4.69, 9.17) is 9.47 Å². The van der Waals surface area contributed by atoms with Gasteiger partial charge in [-0.2, -0.15) is 15.3 Å². The Hall–Kier alpha value is -2.98. The Kier molecular flexibility index (Phi) is 4.21. The number of hydrogen-bond donors (Lipinski definition) is 1. The SMILES string of the molecule is COc1ccc2cnn(C)c2c1NSc1cnn(-c2cnn3c2COCC3)c1. The summed E-state index contributed by atoms with van der Waals surface area (Å²) in [6, 6.07) is 3.94.